The maximum atomic E-state index is 14.1. The van der Waals surface area contributed by atoms with Crippen LogP contribution in [-0.2, 0) is 11.3 Å². The van der Waals surface area contributed by atoms with Gasteiger partial charge in [-0.2, -0.15) is 0 Å². The number of hydrogen-bond donors (Lipinski definition) is 0. The van der Waals surface area contributed by atoms with Gasteiger partial charge >= 0.3 is 0 Å². The second-order valence-corrected chi connectivity index (χ2v) is 12.9. The first-order valence-corrected chi connectivity index (χ1v) is 16.5. The van der Waals surface area contributed by atoms with Gasteiger partial charge in [0.15, 0.2) is 5.78 Å². The van der Waals surface area contributed by atoms with E-state index in [0.717, 1.165) is 67.3 Å². The molecule has 4 aromatic rings. The molecular formula is C37H35ClFN3O2S. The van der Waals surface area contributed by atoms with Crippen molar-refractivity contribution >= 4 is 52.5 Å². The average Bonchev–Trinajstić information content (AvgIpc) is 3.06. The number of carbonyl (C=O) groups is 2. The summed E-state index contributed by atoms with van der Waals surface area (Å²) in [6, 6.07) is 30.0. The van der Waals surface area contributed by atoms with Gasteiger partial charge in [-0.3, -0.25) is 14.5 Å². The van der Waals surface area contributed by atoms with Gasteiger partial charge in [0.1, 0.15) is 5.82 Å². The topological polar surface area (TPSA) is 43.9 Å². The molecule has 230 valence electrons. The summed E-state index contributed by atoms with van der Waals surface area (Å²) in [4.78, 5) is 34.5. The summed E-state index contributed by atoms with van der Waals surface area (Å²) in [6.45, 7) is 4.76. The normalized spacial score (nSPS) is 16.2. The quantitative estimate of drug-likeness (QED) is 0.0992. The van der Waals surface area contributed by atoms with Crippen LogP contribution in [0.25, 0.3) is 6.08 Å². The van der Waals surface area contributed by atoms with Crippen LogP contribution in [0.3, 0.4) is 0 Å². The zero-order valence-electron chi connectivity index (χ0n) is 25.0. The molecule has 1 fully saturated rings. The van der Waals surface area contributed by atoms with Crippen LogP contribution in [0.4, 0.5) is 15.8 Å². The van der Waals surface area contributed by atoms with Gasteiger partial charge in [0.05, 0.1) is 22.8 Å². The molecule has 2 aliphatic rings. The Hall–Kier alpha value is -3.91. The van der Waals surface area contributed by atoms with Crippen LogP contribution >= 0.6 is 23.4 Å². The van der Waals surface area contributed by atoms with E-state index in [1.54, 1.807) is 11.0 Å². The molecule has 0 N–H and O–H groups in total. The van der Waals surface area contributed by atoms with Gasteiger partial charge in [0.2, 0.25) is 0 Å². The zero-order valence-corrected chi connectivity index (χ0v) is 26.6. The van der Waals surface area contributed by atoms with Crippen molar-refractivity contribution in [2.24, 2.45) is 0 Å². The van der Waals surface area contributed by atoms with E-state index >= 15 is 0 Å². The lowest BCUT2D eigenvalue weighted by Crippen LogP contribution is -2.46. The lowest BCUT2D eigenvalue weighted by molar-refractivity contribution is -0.114. The second-order valence-electron chi connectivity index (χ2n) is 11.4. The van der Waals surface area contributed by atoms with E-state index in [4.69, 9.17) is 11.6 Å². The van der Waals surface area contributed by atoms with E-state index in [1.807, 2.05) is 91.0 Å². The highest BCUT2D eigenvalue weighted by atomic mass is 35.5. The van der Waals surface area contributed by atoms with Gasteiger partial charge in [-0.15, -0.1) is 0 Å². The summed E-state index contributed by atoms with van der Waals surface area (Å²) in [5.41, 5.74) is 4.08. The number of amides is 1. The van der Waals surface area contributed by atoms with Crippen molar-refractivity contribution in [1.82, 2.24) is 4.90 Å². The third-order valence-electron chi connectivity index (χ3n) is 8.29. The Morgan fingerprint density at radius 1 is 0.844 bits per heavy atom. The molecule has 0 aromatic heterocycles. The molecule has 45 heavy (non-hydrogen) atoms. The Bertz CT molecular complexity index is 1700. The van der Waals surface area contributed by atoms with Crippen LogP contribution < -0.4 is 9.80 Å². The number of fused-ring (bicyclic) bond motifs is 1. The van der Waals surface area contributed by atoms with Gasteiger partial charge in [-0.25, -0.2) is 4.39 Å². The Morgan fingerprint density at radius 2 is 1.58 bits per heavy atom. The first-order valence-electron chi connectivity index (χ1n) is 15.3. The highest BCUT2D eigenvalue weighted by Gasteiger charge is 2.29. The van der Waals surface area contributed by atoms with Crippen molar-refractivity contribution in [3.8, 4) is 0 Å². The van der Waals surface area contributed by atoms with Crippen molar-refractivity contribution in [3.05, 3.63) is 129 Å². The minimum absolute atomic E-state index is 0.0625. The van der Waals surface area contributed by atoms with Gasteiger partial charge in [-0.05, 0) is 73.0 Å². The largest absolute Gasteiger partial charge is 0.367 e. The second kappa shape index (κ2) is 14.5. The smallest absolute Gasteiger partial charge is 0.265 e. The van der Waals surface area contributed by atoms with Crippen LogP contribution in [0, 0.1) is 5.82 Å². The molecular weight excluding hydrogens is 605 g/mol. The van der Waals surface area contributed by atoms with E-state index in [2.05, 4.69) is 9.80 Å². The molecule has 0 aliphatic carbocycles. The number of thioether (sulfide) groups is 1. The number of piperazine rings is 1. The van der Waals surface area contributed by atoms with Crippen LogP contribution in [0.15, 0.2) is 107 Å². The van der Waals surface area contributed by atoms with E-state index in [9.17, 15) is 14.0 Å². The monoisotopic (exact) mass is 639 g/mol. The van der Waals surface area contributed by atoms with E-state index in [-0.39, 0.29) is 17.5 Å². The lowest BCUT2D eigenvalue weighted by atomic mass is 10.0. The Morgan fingerprint density at radius 3 is 2.33 bits per heavy atom. The van der Waals surface area contributed by atoms with E-state index in [0.29, 0.717) is 34.1 Å². The third-order valence-corrected chi connectivity index (χ3v) is 9.60. The molecule has 1 amide bonds. The summed E-state index contributed by atoms with van der Waals surface area (Å²) >= 11 is 7.67. The molecule has 0 unspecified atom stereocenters. The van der Waals surface area contributed by atoms with Crippen molar-refractivity contribution in [3.63, 3.8) is 0 Å². The van der Waals surface area contributed by atoms with Crippen LogP contribution in [0.5, 0.6) is 0 Å². The average molecular weight is 640 g/mol. The van der Waals surface area contributed by atoms with E-state index in [1.165, 1.54) is 17.8 Å². The van der Waals surface area contributed by atoms with Crippen molar-refractivity contribution in [2.45, 2.75) is 30.7 Å². The minimum atomic E-state index is -0.169. The predicted octanol–water partition coefficient (Wildman–Crippen LogP) is 8.33. The molecule has 6 rings (SSSR count). The first-order chi connectivity index (χ1) is 21.9. The van der Waals surface area contributed by atoms with Crippen molar-refractivity contribution in [1.29, 1.82) is 0 Å². The van der Waals surface area contributed by atoms with E-state index < -0.39 is 0 Å². The molecule has 1 saturated heterocycles. The minimum Gasteiger partial charge on any atom is -0.367 e. The number of carbonyl (C=O) groups excluding carboxylic acids is 2. The number of unbranched alkanes of at least 4 members (excludes halogenated alkanes) is 1. The van der Waals surface area contributed by atoms with Gasteiger partial charge in [0, 0.05) is 48.1 Å². The zero-order chi connectivity index (χ0) is 31.2. The molecule has 0 spiro atoms. The third kappa shape index (κ3) is 7.67. The van der Waals surface area contributed by atoms with Crippen LogP contribution in [0.1, 0.15) is 40.7 Å². The first kappa shape index (κ1) is 31.1. The number of nitrogens with zero attached hydrogens (tertiary/aromatic N) is 3. The number of benzene rings is 4. The van der Waals surface area contributed by atoms with Crippen LogP contribution in [-0.4, -0.2) is 49.3 Å². The Labute approximate surface area is 273 Å². The summed E-state index contributed by atoms with van der Waals surface area (Å²) in [6.07, 6.45) is 4.17. The molecule has 0 atom stereocenters. The number of halogens is 2. The lowest BCUT2D eigenvalue weighted by Gasteiger charge is -2.36. The molecule has 0 bridgehead atoms. The molecule has 2 heterocycles. The molecule has 5 nitrogen and oxygen atoms in total. The fraction of sp³-hybridized carbons (Fsp3) is 0.243. The number of anilines is 2. The number of Topliss-reactive ketones (excluding diaryl/α,β-unsaturated/α-hetero) is 1. The predicted molar refractivity (Wildman–Crippen MR) is 183 cm³/mol. The number of ketones is 1. The van der Waals surface area contributed by atoms with Gasteiger partial charge in [0.25, 0.3) is 5.91 Å². The number of rotatable bonds is 10. The summed E-state index contributed by atoms with van der Waals surface area (Å²) in [7, 11) is 0. The maximum absolute atomic E-state index is 14.1. The summed E-state index contributed by atoms with van der Waals surface area (Å²) in [5, 5.41) is 0.640. The Balaban J connectivity index is 1.01. The molecule has 8 heteroatoms. The maximum Gasteiger partial charge on any atom is 0.265 e. The standard InChI is InChI=1S/C37H35ClFN3O2S/c38-30-9-7-8-28(24-30)26-42-33-12-3-4-14-35(33)45-36(37(42)44)25-27-15-17-29(18-16-27)34(43)13-5-6-19-40-20-22-41(23-21-40)32-11-2-1-10-31(32)39/h1-4,7-12,14-18,24-25H,5-6,13,19-23,26H2/b36-25+. The van der Waals surface area contributed by atoms with Crippen molar-refractivity contribution < 1.29 is 14.0 Å². The summed E-state index contributed by atoms with van der Waals surface area (Å²) < 4.78 is 14.1. The fourth-order valence-corrected chi connectivity index (χ4v) is 7.11. The number of para-hydroxylation sites is 2. The highest BCUT2D eigenvalue weighted by Crippen LogP contribution is 2.42. The molecule has 4 aromatic carbocycles. The molecule has 0 saturated carbocycles. The molecule has 0 radical (unpaired) electrons. The number of hydrogen-bond acceptors (Lipinski definition) is 5. The fourth-order valence-electron chi connectivity index (χ4n) is 5.84. The molecule has 2 aliphatic heterocycles. The highest BCUT2D eigenvalue weighted by molar-refractivity contribution is 8.04. The summed E-state index contributed by atoms with van der Waals surface area (Å²) in [5.74, 6) is -0.103. The Kier molecular flexibility index (Phi) is 9.99. The van der Waals surface area contributed by atoms with Crippen LogP contribution in [0.2, 0.25) is 5.02 Å². The van der Waals surface area contributed by atoms with Crippen molar-refractivity contribution in [2.75, 3.05) is 42.5 Å². The van der Waals surface area contributed by atoms with Gasteiger partial charge in [-0.1, -0.05) is 84.0 Å². The SMILES string of the molecule is O=C(CCCCN1CCN(c2ccccc2F)CC1)c1ccc(/C=C2/Sc3ccccc3N(Cc3cccc(Cl)c3)C2=O)cc1. The van der Waals surface area contributed by atoms with Gasteiger partial charge < -0.3 is 9.80 Å².